The molecular formula is C24H34N6O2S. The number of benzene rings is 1. The van der Waals surface area contributed by atoms with Crippen LogP contribution in [-0.2, 0) is 0 Å². The number of hydrogen-bond acceptors (Lipinski definition) is 7. The van der Waals surface area contributed by atoms with Gasteiger partial charge in [-0.3, -0.25) is 10.3 Å². The van der Waals surface area contributed by atoms with E-state index in [0.717, 1.165) is 53.7 Å². The Labute approximate surface area is 199 Å². The van der Waals surface area contributed by atoms with E-state index in [0.29, 0.717) is 17.6 Å². The van der Waals surface area contributed by atoms with E-state index in [9.17, 15) is 4.79 Å². The van der Waals surface area contributed by atoms with Crippen LogP contribution in [0.15, 0.2) is 48.1 Å². The van der Waals surface area contributed by atoms with Crippen molar-refractivity contribution < 1.29 is 9.90 Å². The molecule has 0 aliphatic heterocycles. The van der Waals surface area contributed by atoms with E-state index in [1.54, 1.807) is 6.20 Å². The number of allylic oxidation sites excluding steroid dienone is 1. The predicted octanol–water partition coefficient (Wildman–Crippen LogP) is 4.46. The number of rotatable bonds is 11. The zero-order chi connectivity index (χ0) is 23.6. The fourth-order valence-corrected chi connectivity index (χ4v) is 4.75. The van der Waals surface area contributed by atoms with Crippen LogP contribution in [0.1, 0.15) is 39.0 Å². The van der Waals surface area contributed by atoms with Gasteiger partial charge in [0.25, 0.3) is 0 Å². The molecule has 2 aromatic rings. The van der Waals surface area contributed by atoms with Crippen LogP contribution in [0.5, 0.6) is 0 Å². The number of nitrogens with one attached hydrogen (secondary N) is 3. The zero-order valence-electron chi connectivity index (χ0n) is 19.1. The number of aliphatic hydroxyl groups excluding tert-OH is 1. The molecule has 3 atom stereocenters. The predicted molar refractivity (Wildman–Crippen MR) is 138 cm³/mol. The van der Waals surface area contributed by atoms with Gasteiger partial charge in [0, 0.05) is 36.7 Å². The molecule has 3 rings (SSSR count). The van der Waals surface area contributed by atoms with E-state index in [1.807, 2.05) is 18.2 Å². The summed E-state index contributed by atoms with van der Waals surface area (Å²) in [6, 6.07) is 5.59. The number of carbonyl (C=O) groups excluding carboxylic acids is 1. The van der Waals surface area contributed by atoms with Crippen molar-refractivity contribution in [3.63, 3.8) is 0 Å². The lowest BCUT2D eigenvalue weighted by atomic mass is 9.91. The van der Waals surface area contributed by atoms with Crippen molar-refractivity contribution in [3.05, 3.63) is 43.1 Å². The van der Waals surface area contributed by atoms with Gasteiger partial charge in [0.1, 0.15) is 0 Å². The fourth-order valence-electron chi connectivity index (χ4n) is 3.85. The van der Waals surface area contributed by atoms with Gasteiger partial charge in [-0.25, -0.2) is 9.78 Å². The number of nitrogens with zero attached hydrogens (tertiary/aromatic N) is 2. The van der Waals surface area contributed by atoms with Crippen molar-refractivity contribution in [1.29, 1.82) is 0 Å². The Hall–Kier alpha value is -2.75. The lowest BCUT2D eigenvalue weighted by molar-refractivity contribution is 0.250. The first-order valence-corrected chi connectivity index (χ1v) is 12.2. The highest BCUT2D eigenvalue weighted by Crippen LogP contribution is 2.29. The summed E-state index contributed by atoms with van der Waals surface area (Å²) in [5.41, 5.74) is 9.19. The summed E-state index contributed by atoms with van der Waals surface area (Å²) < 4.78 is 0.958. The van der Waals surface area contributed by atoms with Crippen molar-refractivity contribution in [1.82, 2.24) is 10.3 Å². The highest BCUT2D eigenvalue weighted by Gasteiger charge is 2.23. The molecule has 3 unspecified atom stereocenters. The largest absolute Gasteiger partial charge is 0.396 e. The molecule has 178 valence electrons. The highest BCUT2D eigenvalue weighted by atomic mass is 32.1. The molecule has 1 aromatic heterocycles. The average Bonchev–Trinajstić information content (AvgIpc) is 3.19. The van der Waals surface area contributed by atoms with E-state index in [-0.39, 0.29) is 24.7 Å². The highest BCUT2D eigenvalue weighted by molar-refractivity contribution is 7.22. The van der Waals surface area contributed by atoms with E-state index < -0.39 is 0 Å². The molecule has 8 nitrogen and oxygen atoms in total. The molecule has 2 amide bonds. The van der Waals surface area contributed by atoms with Crippen LogP contribution >= 0.6 is 11.3 Å². The minimum Gasteiger partial charge on any atom is -0.396 e. The standard InChI is InChI=1S/C24H34N6O2S/c1-3-26-19-9-5-4-8-18(19)22(25)28-17-10-11-20-21(15-17)33-24(29-20)30-23(32)27-13-12-16(2)7-6-14-31/h3-4,8,10-11,15-16,18,22,28,31H,1,5-7,9,12-14,25H2,2H3,(H2,27,29,30,32)/b26-19-. The molecule has 1 heterocycles. The number of fused-ring (bicyclic) bond motifs is 1. The summed E-state index contributed by atoms with van der Waals surface area (Å²) in [4.78, 5) is 21.1. The minimum atomic E-state index is -0.311. The maximum atomic E-state index is 12.2. The third kappa shape index (κ3) is 7.38. The number of aliphatic imine (C=N–C) groups is 1. The second kappa shape index (κ2) is 12.5. The molecule has 6 N–H and O–H groups in total. The lowest BCUT2D eigenvalue weighted by Crippen LogP contribution is -2.41. The van der Waals surface area contributed by atoms with Crippen LogP contribution in [0.4, 0.5) is 15.6 Å². The van der Waals surface area contributed by atoms with Crippen molar-refractivity contribution in [3.8, 4) is 0 Å². The number of urea groups is 1. The summed E-state index contributed by atoms with van der Waals surface area (Å²) in [6.45, 7) is 6.62. The Balaban J connectivity index is 1.56. The van der Waals surface area contributed by atoms with Crippen LogP contribution in [0.2, 0.25) is 0 Å². The number of amides is 2. The maximum Gasteiger partial charge on any atom is 0.321 e. The number of thiazole rings is 1. The van der Waals surface area contributed by atoms with Crippen molar-refractivity contribution in [2.24, 2.45) is 22.6 Å². The monoisotopic (exact) mass is 470 g/mol. The van der Waals surface area contributed by atoms with E-state index in [2.05, 4.69) is 51.6 Å². The summed E-state index contributed by atoms with van der Waals surface area (Å²) in [5, 5.41) is 18.5. The Bertz CT molecular complexity index is 1000. The van der Waals surface area contributed by atoms with Gasteiger partial charge in [-0.1, -0.05) is 37.0 Å². The van der Waals surface area contributed by atoms with Crippen LogP contribution in [0, 0.1) is 11.8 Å². The van der Waals surface area contributed by atoms with E-state index in [1.165, 1.54) is 11.3 Å². The SMILES string of the molecule is C=C/N=C1/CCC=CC1C(N)Nc1ccc2nc(NC(=O)NCCC(C)CCCO)sc2c1. The Morgan fingerprint density at radius 3 is 3.09 bits per heavy atom. The first kappa shape index (κ1) is 24.9. The Morgan fingerprint density at radius 1 is 1.45 bits per heavy atom. The van der Waals surface area contributed by atoms with Gasteiger partial charge in [0.2, 0.25) is 0 Å². The minimum absolute atomic E-state index is 0.0150. The topological polar surface area (TPSA) is 125 Å². The third-order valence-electron chi connectivity index (χ3n) is 5.66. The molecule has 0 bridgehead atoms. The number of aliphatic hydroxyl groups is 1. The molecule has 0 spiro atoms. The molecule has 1 aliphatic rings. The van der Waals surface area contributed by atoms with Crippen molar-refractivity contribution >= 4 is 44.1 Å². The molecule has 0 radical (unpaired) electrons. The molecule has 9 heteroatoms. The number of aromatic nitrogens is 1. The fraction of sp³-hybridized carbons (Fsp3) is 0.458. The van der Waals surface area contributed by atoms with Gasteiger partial charge in [-0.05, 0) is 56.2 Å². The summed E-state index contributed by atoms with van der Waals surface area (Å²) in [5.74, 6) is 0.474. The maximum absolute atomic E-state index is 12.2. The van der Waals surface area contributed by atoms with Crippen molar-refractivity contribution in [2.45, 2.75) is 45.2 Å². The molecule has 1 aliphatic carbocycles. The van der Waals surface area contributed by atoms with Gasteiger partial charge in [-0.15, -0.1) is 0 Å². The normalized spacial score (nSPS) is 18.8. The van der Waals surface area contributed by atoms with Crippen LogP contribution in [0.25, 0.3) is 10.2 Å². The molecular weight excluding hydrogens is 436 g/mol. The number of anilines is 2. The number of nitrogens with two attached hydrogens (primary N) is 1. The van der Waals surface area contributed by atoms with Gasteiger partial charge >= 0.3 is 6.03 Å². The average molecular weight is 471 g/mol. The van der Waals surface area contributed by atoms with E-state index >= 15 is 0 Å². The first-order chi connectivity index (χ1) is 16.0. The van der Waals surface area contributed by atoms with E-state index in [4.69, 9.17) is 10.8 Å². The lowest BCUT2D eigenvalue weighted by Gasteiger charge is -2.26. The molecule has 0 fully saturated rings. The summed E-state index contributed by atoms with van der Waals surface area (Å²) in [6.07, 6.45) is 9.97. The van der Waals surface area contributed by atoms with Gasteiger partial charge < -0.3 is 21.5 Å². The second-order valence-corrected chi connectivity index (χ2v) is 9.34. The third-order valence-corrected chi connectivity index (χ3v) is 6.59. The number of hydrogen-bond donors (Lipinski definition) is 5. The first-order valence-electron chi connectivity index (χ1n) is 11.4. The smallest absolute Gasteiger partial charge is 0.321 e. The van der Waals surface area contributed by atoms with Gasteiger partial charge in [0.15, 0.2) is 5.13 Å². The van der Waals surface area contributed by atoms with Gasteiger partial charge in [0.05, 0.1) is 16.4 Å². The van der Waals surface area contributed by atoms with Gasteiger partial charge in [-0.2, -0.15) is 0 Å². The zero-order valence-corrected chi connectivity index (χ0v) is 19.9. The molecule has 1 aromatic carbocycles. The second-order valence-electron chi connectivity index (χ2n) is 8.31. The summed E-state index contributed by atoms with van der Waals surface area (Å²) in [7, 11) is 0. The number of carbonyl (C=O) groups is 1. The van der Waals surface area contributed by atoms with Crippen LogP contribution in [-0.4, -0.2) is 41.2 Å². The molecule has 0 saturated heterocycles. The van der Waals surface area contributed by atoms with Crippen LogP contribution in [0.3, 0.4) is 0 Å². The van der Waals surface area contributed by atoms with Crippen molar-refractivity contribution in [2.75, 3.05) is 23.8 Å². The summed E-state index contributed by atoms with van der Waals surface area (Å²) >= 11 is 1.42. The molecule has 33 heavy (non-hydrogen) atoms. The quantitative estimate of drug-likeness (QED) is 0.245. The molecule has 0 saturated carbocycles. The Kier molecular flexibility index (Phi) is 9.41. The van der Waals surface area contributed by atoms with Crippen LogP contribution < -0.4 is 21.7 Å². The Morgan fingerprint density at radius 2 is 2.30 bits per heavy atom.